The number of ether oxygens (including phenoxy) is 1. The van der Waals surface area contributed by atoms with Crippen molar-refractivity contribution >= 4 is 11.6 Å². The second-order valence-electron chi connectivity index (χ2n) is 5.03. The fourth-order valence-electron chi connectivity index (χ4n) is 2.09. The average molecular weight is 293 g/mol. The summed E-state index contributed by atoms with van der Waals surface area (Å²) in [5, 5.41) is 0. The highest BCUT2D eigenvalue weighted by Gasteiger charge is 2.00. The Kier molecular flexibility index (Phi) is 9.00. The molecule has 0 amide bonds. The minimum atomic E-state index is 0.370. The topological polar surface area (TPSA) is 9.23 Å². The van der Waals surface area contributed by atoms with Crippen molar-refractivity contribution in [1.82, 2.24) is 0 Å². The van der Waals surface area contributed by atoms with Crippen LogP contribution in [-0.2, 0) is 0 Å². The first kappa shape index (κ1) is 16.9. The van der Waals surface area contributed by atoms with Gasteiger partial charge in [0.05, 0.1) is 12.5 Å². The summed E-state index contributed by atoms with van der Waals surface area (Å²) in [6.45, 7) is 5.11. The number of halogens is 1. The van der Waals surface area contributed by atoms with Crippen LogP contribution in [0.3, 0.4) is 0 Å². The van der Waals surface area contributed by atoms with Crippen molar-refractivity contribution < 1.29 is 4.74 Å². The first-order valence-electron chi connectivity index (χ1n) is 7.56. The molecular formula is C18H25ClO. The Morgan fingerprint density at radius 3 is 2.55 bits per heavy atom. The van der Waals surface area contributed by atoms with Crippen LogP contribution in [0.4, 0.5) is 0 Å². The average Bonchev–Trinajstić information content (AvgIpc) is 2.46. The zero-order chi connectivity index (χ0) is 14.6. The van der Waals surface area contributed by atoms with Gasteiger partial charge in [0.15, 0.2) is 0 Å². The first-order chi connectivity index (χ1) is 9.77. The number of aryl methyl sites for hydroxylation is 1. The van der Waals surface area contributed by atoms with E-state index in [0.29, 0.717) is 5.88 Å². The van der Waals surface area contributed by atoms with E-state index in [2.05, 4.69) is 31.8 Å². The van der Waals surface area contributed by atoms with Crippen molar-refractivity contribution in [2.75, 3.05) is 12.5 Å². The number of rotatable bonds is 8. The van der Waals surface area contributed by atoms with Gasteiger partial charge in [0.25, 0.3) is 0 Å². The van der Waals surface area contributed by atoms with Gasteiger partial charge in [-0.25, -0.2) is 0 Å². The van der Waals surface area contributed by atoms with E-state index >= 15 is 0 Å². The molecule has 0 N–H and O–H groups in total. The van der Waals surface area contributed by atoms with Crippen LogP contribution in [-0.4, -0.2) is 12.5 Å². The van der Waals surface area contributed by atoms with Gasteiger partial charge in [0, 0.05) is 5.56 Å². The monoisotopic (exact) mass is 292 g/mol. The number of hydrogen-bond donors (Lipinski definition) is 0. The molecule has 0 aliphatic carbocycles. The largest absolute Gasteiger partial charge is 0.493 e. The van der Waals surface area contributed by atoms with Crippen LogP contribution in [0.25, 0.3) is 0 Å². The number of hydrogen-bond acceptors (Lipinski definition) is 1. The van der Waals surface area contributed by atoms with Crippen LogP contribution >= 0.6 is 11.6 Å². The van der Waals surface area contributed by atoms with Crippen LogP contribution in [0.15, 0.2) is 18.2 Å². The smallest absolute Gasteiger partial charge is 0.122 e. The molecule has 110 valence electrons. The maximum Gasteiger partial charge on any atom is 0.122 e. The summed E-state index contributed by atoms with van der Waals surface area (Å²) in [4.78, 5) is 0. The van der Waals surface area contributed by atoms with E-state index in [1.807, 2.05) is 12.1 Å². The van der Waals surface area contributed by atoms with Crippen LogP contribution in [0.1, 0.15) is 56.6 Å². The molecule has 1 aromatic carbocycles. The predicted molar refractivity (Wildman–Crippen MR) is 87.6 cm³/mol. The second-order valence-corrected chi connectivity index (χ2v) is 5.30. The predicted octanol–water partition coefficient (Wildman–Crippen LogP) is 5.32. The molecule has 0 saturated carbocycles. The zero-order valence-corrected chi connectivity index (χ0v) is 13.4. The molecule has 1 rings (SSSR count). The maximum atomic E-state index is 5.83. The van der Waals surface area contributed by atoms with Crippen LogP contribution in [0.5, 0.6) is 5.75 Å². The quantitative estimate of drug-likeness (QED) is 0.358. The Balaban J connectivity index is 2.30. The van der Waals surface area contributed by atoms with Gasteiger partial charge in [-0.1, -0.05) is 50.9 Å². The standard InChI is InChI=1S/C18H25ClO/c1-3-4-5-6-7-8-14-20-18-12-11-17(10-9-13-19)15-16(18)2/h11-12,15H,3-8,13-14H2,1-2H3. The maximum absolute atomic E-state index is 5.83. The minimum Gasteiger partial charge on any atom is -0.493 e. The van der Waals surface area contributed by atoms with Gasteiger partial charge >= 0.3 is 0 Å². The number of unbranched alkanes of at least 4 members (excludes halogenated alkanes) is 5. The van der Waals surface area contributed by atoms with Gasteiger partial charge in [0.2, 0.25) is 0 Å². The van der Waals surface area contributed by atoms with Crippen molar-refractivity contribution in [2.45, 2.75) is 52.4 Å². The van der Waals surface area contributed by atoms with E-state index in [9.17, 15) is 0 Å². The lowest BCUT2D eigenvalue weighted by Gasteiger charge is -2.09. The van der Waals surface area contributed by atoms with Crippen molar-refractivity contribution in [3.8, 4) is 17.6 Å². The summed E-state index contributed by atoms with van der Waals surface area (Å²) in [5.41, 5.74) is 2.13. The van der Waals surface area contributed by atoms with Crippen molar-refractivity contribution in [3.63, 3.8) is 0 Å². The Hall–Kier alpha value is -1.13. The lowest BCUT2D eigenvalue weighted by atomic mass is 10.1. The molecule has 20 heavy (non-hydrogen) atoms. The van der Waals surface area contributed by atoms with Gasteiger partial charge < -0.3 is 4.74 Å². The Labute approximate surface area is 128 Å². The molecule has 0 saturated heterocycles. The fourth-order valence-corrected chi connectivity index (χ4v) is 2.16. The first-order valence-corrected chi connectivity index (χ1v) is 8.09. The summed E-state index contributed by atoms with van der Waals surface area (Å²) < 4.78 is 5.83. The molecule has 0 bridgehead atoms. The normalized spacial score (nSPS) is 9.95. The van der Waals surface area contributed by atoms with Crippen LogP contribution in [0.2, 0.25) is 0 Å². The Morgan fingerprint density at radius 2 is 1.85 bits per heavy atom. The third-order valence-electron chi connectivity index (χ3n) is 3.23. The van der Waals surface area contributed by atoms with Gasteiger partial charge in [0.1, 0.15) is 5.75 Å². The van der Waals surface area contributed by atoms with Crippen molar-refractivity contribution in [2.24, 2.45) is 0 Å². The van der Waals surface area contributed by atoms with E-state index in [0.717, 1.165) is 29.9 Å². The lowest BCUT2D eigenvalue weighted by molar-refractivity contribution is 0.302. The summed E-state index contributed by atoms with van der Waals surface area (Å²) in [5.74, 6) is 7.22. The summed E-state index contributed by atoms with van der Waals surface area (Å²) in [6, 6.07) is 6.05. The molecule has 0 radical (unpaired) electrons. The van der Waals surface area contributed by atoms with Gasteiger partial charge in [-0.15, -0.1) is 11.6 Å². The Morgan fingerprint density at radius 1 is 1.10 bits per heavy atom. The molecule has 2 heteroatoms. The fraction of sp³-hybridized carbons (Fsp3) is 0.556. The zero-order valence-electron chi connectivity index (χ0n) is 12.7. The molecule has 1 nitrogen and oxygen atoms in total. The van der Waals surface area contributed by atoms with Gasteiger partial charge in [-0.2, -0.15) is 0 Å². The molecule has 0 aliphatic rings. The highest BCUT2D eigenvalue weighted by atomic mass is 35.5. The number of alkyl halides is 1. The molecule has 0 aromatic heterocycles. The third kappa shape index (κ3) is 6.87. The van der Waals surface area contributed by atoms with E-state index in [1.165, 1.54) is 32.1 Å². The van der Waals surface area contributed by atoms with E-state index in [4.69, 9.17) is 16.3 Å². The molecule has 0 unspecified atom stereocenters. The molecule has 0 aliphatic heterocycles. The lowest BCUT2D eigenvalue weighted by Crippen LogP contribution is -1.99. The second kappa shape index (κ2) is 10.6. The van der Waals surface area contributed by atoms with Crippen LogP contribution < -0.4 is 4.74 Å². The molecule has 0 heterocycles. The molecule has 0 atom stereocenters. The van der Waals surface area contributed by atoms with Crippen LogP contribution in [0, 0.1) is 18.8 Å². The highest BCUT2D eigenvalue weighted by Crippen LogP contribution is 2.19. The van der Waals surface area contributed by atoms with E-state index < -0.39 is 0 Å². The number of benzene rings is 1. The summed E-state index contributed by atoms with van der Waals surface area (Å²) in [6.07, 6.45) is 7.72. The molecule has 0 spiro atoms. The summed E-state index contributed by atoms with van der Waals surface area (Å²) in [7, 11) is 0. The minimum absolute atomic E-state index is 0.370. The van der Waals surface area contributed by atoms with Gasteiger partial charge in [-0.05, 0) is 37.1 Å². The third-order valence-corrected chi connectivity index (χ3v) is 3.36. The van der Waals surface area contributed by atoms with E-state index in [1.54, 1.807) is 0 Å². The van der Waals surface area contributed by atoms with E-state index in [-0.39, 0.29) is 0 Å². The van der Waals surface area contributed by atoms with Gasteiger partial charge in [-0.3, -0.25) is 0 Å². The molecule has 1 aromatic rings. The van der Waals surface area contributed by atoms with Crippen molar-refractivity contribution in [1.29, 1.82) is 0 Å². The highest BCUT2D eigenvalue weighted by molar-refractivity contribution is 6.19. The van der Waals surface area contributed by atoms with Crippen molar-refractivity contribution in [3.05, 3.63) is 29.3 Å². The molecular weight excluding hydrogens is 268 g/mol. The Bertz CT molecular complexity index is 442. The molecule has 0 fully saturated rings. The SMILES string of the molecule is CCCCCCCCOc1ccc(C#CCCl)cc1C. The summed E-state index contributed by atoms with van der Waals surface area (Å²) >= 11 is 5.55.